The maximum Gasteiger partial charge on any atom is 0.319 e. The van der Waals surface area contributed by atoms with Crippen LogP contribution in [-0.4, -0.2) is 23.3 Å². The molecule has 1 aromatic rings. The molecule has 72 valence electrons. The van der Waals surface area contributed by atoms with E-state index in [4.69, 9.17) is 10.2 Å². The third-order valence-corrected chi connectivity index (χ3v) is 2.60. The predicted molar refractivity (Wildman–Crippen MR) is 49.4 cm³/mol. The largest absolute Gasteiger partial charge is 0.390 e. The van der Waals surface area contributed by atoms with Crippen LogP contribution in [0.4, 0.5) is 12.0 Å². The van der Waals surface area contributed by atoms with Crippen molar-refractivity contribution < 1.29 is 4.42 Å². The molecule has 0 bridgehead atoms. The number of aromatic nitrogens is 2. The SMILES string of the molecule is CN(c1nnc(N)o1)C1CCCC1. The molecule has 1 aromatic heterocycles. The van der Waals surface area contributed by atoms with E-state index in [-0.39, 0.29) is 6.01 Å². The van der Waals surface area contributed by atoms with Crippen LogP contribution in [0.1, 0.15) is 25.7 Å². The Morgan fingerprint density at radius 1 is 1.38 bits per heavy atom. The Kier molecular flexibility index (Phi) is 2.08. The van der Waals surface area contributed by atoms with E-state index in [1.807, 2.05) is 11.9 Å². The van der Waals surface area contributed by atoms with Crippen LogP contribution in [0.15, 0.2) is 4.42 Å². The number of hydrogen-bond donors (Lipinski definition) is 1. The van der Waals surface area contributed by atoms with Gasteiger partial charge in [0.2, 0.25) is 0 Å². The van der Waals surface area contributed by atoms with Gasteiger partial charge in [-0.1, -0.05) is 23.0 Å². The van der Waals surface area contributed by atoms with Gasteiger partial charge in [-0.3, -0.25) is 0 Å². The van der Waals surface area contributed by atoms with Crippen molar-refractivity contribution in [3.05, 3.63) is 0 Å². The van der Waals surface area contributed by atoms with Gasteiger partial charge in [0.1, 0.15) is 0 Å². The van der Waals surface area contributed by atoms with Crippen LogP contribution in [0.25, 0.3) is 0 Å². The Morgan fingerprint density at radius 2 is 2.08 bits per heavy atom. The second-order valence-electron chi connectivity index (χ2n) is 3.47. The Balaban J connectivity index is 2.07. The van der Waals surface area contributed by atoms with E-state index in [1.165, 1.54) is 25.7 Å². The van der Waals surface area contributed by atoms with Crippen molar-refractivity contribution in [3.8, 4) is 0 Å². The first-order chi connectivity index (χ1) is 6.27. The van der Waals surface area contributed by atoms with Gasteiger partial charge in [0.15, 0.2) is 0 Å². The minimum atomic E-state index is 0.139. The molecule has 0 spiro atoms. The highest BCUT2D eigenvalue weighted by atomic mass is 16.4. The molecule has 0 saturated heterocycles. The molecule has 1 heterocycles. The zero-order valence-corrected chi connectivity index (χ0v) is 7.73. The molecule has 2 rings (SSSR count). The normalized spacial score (nSPS) is 17.9. The monoisotopic (exact) mass is 182 g/mol. The van der Waals surface area contributed by atoms with Crippen LogP contribution < -0.4 is 10.6 Å². The minimum absolute atomic E-state index is 0.139. The van der Waals surface area contributed by atoms with E-state index in [0.717, 1.165) is 0 Å². The molecular formula is C8H14N4O. The van der Waals surface area contributed by atoms with Crippen LogP contribution >= 0.6 is 0 Å². The van der Waals surface area contributed by atoms with E-state index < -0.39 is 0 Å². The summed E-state index contributed by atoms with van der Waals surface area (Å²) in [6, 6.07) is 1.21. The predicted octanol–water partition coefficient (Wildman–Crippen LogP) is 1.03. The first kappa shape index (κ1) is 8.34. The van der Waals surface area contributed by atoms with Gasteiger partial charge in [-0.05, 0) is 12.8 Å². The third-order valence-electron chi connectivity index (χ3n) is 2.60. The van der Waals surface area contributed by atoms with Gasteiger partial charge in [-0.15, -0.1) is 0 Å². The van der Waals surface area contributed by atoms with Crippen molar-refractivity contribution in [2.24, 2.45) is 0 Å². The molecule has 1 aliphatic rings. The van der Waals surface area contributed by atoms with Crippen LogP contribution in [0.5, 0.6) is 0 Å². The lowest BCUT2D eigenvalue weighted by Crippen LogP contribution is -2.28. The highest BCUT2D eigenvalue weighted by molar-refractivity contribution is 5.28. The van der Waals surface area contributed by atoms with Crippen LogP contribution in [0.2, 0.25) is 0 Å². The zero-order valence-electron chi connectivity index (χ0n) is 7.73. The fraction of sp³-hybridized carbons (Fsp3) is 0.750. The summed E-state index contributed by atoms with van der Waals surface area (Å²) in [5.41, 5.74) is 5.35. The van der Waals surface area contributed by atoms with Gasteiger partial charge >= 0.3 is 12.0 Å². The summed E-state index contributed by atoms with van der Waals surface area (Å²) in [5.74, 6) is 0. The molecular weight excluding hydrogens is 168 g/mol. The highest BCUT2D eigenvalue weighted by Gasteiger charge is 2.22. The number of hydrogen-bond acceptors (Lipinski definition) is 5. The number of nitrogen functional groups attached to an aromatic ring is 1. The van der Waals surface area contributed by atoms with E-state index in [9.17, 15) is 0 Å². The van der Waals surface area contributed by atoms with Crippen molar-refractivity contribution in [2.45, 2.75) is 31.7 Å². The fourth-order valence-electron chi connectivity index (χ4n) is 1.82. The zero-order chi connectivity index (χ0) is 9.26. The Bertz CT molecular complexity index is 279. The lowest BCUT2D eigenvalue weighted by atomic mass is 10.2. The molecule has 0 aliphatic heterocycles. The minimum Gasteiger partial charge on any atom is -0.390 e. The average Bonchev–Trinajstić information content (AvgIpc) is 2.72. The number of anilines is 2. The molecule has 13 heavy (non-hydrogen) atoms. The van der Waals surface area contributed by atoms with E-state index >= 15 is 0 Å². The summed E-state index contributed by atoms with van der Waals surface area (Å²) in [4.78, 5) is 2.02. The summed E-state index contributed by atoms with van der Waals surface area (Å²) in [6.45, 7) is 0. The topological polar surface area (TPSA) is 68.2 Å². The molecule has 1 aliphatic carbocycles. The molecule has 1 fully saturated rings. The molecule has 5 heteroatoms. The maximum absolute atomic E-state index is 5.35. The lowest BCUT2D eigenvalue weighted by molar-refractivity contribution is 0.524. The van der Waals surface area contributed by atoms with Crippen molar-refractivity contribution in [3.63, 3.8) is 0 Å². The standard InChI is InChI=1S/C8H14N4O/c1-12(6-4-2-3-5-6)8-11-10-7(9)13-8/h6H,2-5H2,1H3,(H2,9,10). The summed E-state index contributed by atoms with van der Waals surface area (Å²) in [5, 5.41) is 7.47. The molecule has 5 nitrogen and oxygen atoms in total. The van der Waals surface area contributed by atoms with Gasteiger partial charge in [-0.25, -0.2) is 0 Å². The fourth-order valence-corrected chi connectivity index (χ4v) is 1.82. The van der Waals surface area contributed by atoms with Crippen LogP contribution in [0.3, 0.4) is 0 Å². The molecule has 0 radical (unpaired) electrons. The van der Waals surface area contributed by atoms with E-state index in [1.54, 1.807) is 0 Å². The first-order valence-electron chi connectivity index (χ1n) is 4.59. The maximum atomic E-state index is 5.35. The number of rotatable bonds is 2. The second-order valence-corrected chi connectivity index (χ2v) is 3.47. The van der Waals surface area contributed by atoms with Gasteiger partial charge in [-0.2, -0.15) is 0 Å². The van der Waals surface area contributed by atoms with Crippen molar-refractivity contribution in [1.29, 1.82) is 0 Å². The van der Waals surface area contributed by atoms with E-state index in [0.29, 0.717) is 12.1 Å². The van der Waals surface area contributed by atoms with Crippen LogP contribution in [-0.2, 0) is 0 Å². The second kappa shape index (κ2) is 3.24. The smallest absolute Gasteiger partial charge is 0.319 e. The number of nitrogens with zero attached hydrogens (tertiary/aromatic N) is 3. The van der Waals surface area contributed by atoms with Crippen molar-refractivity contribution in [1.82, 2.24) is 10.2 Å². The Labute approximate surface area is 76.9 Å². The quantitative estimate of drug-likeness (QED) is 0.739. The molecule has 0 atom stereocenters. The Morgan fingerprint density at radius 3 is 2.62 bits per heavy atom. The van der Waals surface area contributed by atoms with Gasteiger partial charge < -0.3 is 15.1 Å². The summed E-state index contributed by atoms with van der Waals surface area (Å²) < 4.78 is 5.14. The van der Waals surface area contributed by atoms with Gasteiger partial charge in [0.25, 0.3) is 0 Å². The van der Waals surface area contributed by atoms with Gasteiger partial charge in [0, 0.05) is 13.1 Å². The lowest BCUT2D eigenvalue weighted by Gasteiger charge is -2.21. The summed E-state index contributed by atoms with van der Waals surface area (Å²) in [7, 11) is 1.98. The summed E-state index contributed by atoms with van der Waals surface area (Å²) in [6.07, 6.45) is 4.99. The number of nitrogens with two attached hydrogens (primary N) is 1. The highest BCUT2D eigenvalue weighted by Crippen LogP contribution is 2.26. The van der Waals surface area contributed by atoms with Crippen molar-refractivity contribution in [2.75, 3.05) is 17.7 Å². The summed E-state index contributed by atoms with van der Waals surface area (Å²) >= 11 is 0. The molecule has 0 amide bonds. The molecule has 0 aromatic carbocycles. The molecule has 0 unspecified atom stereocenters. The van der Waals surface area contributed by atoms with Crippen molar-refractivity contribution >= 4 is 12.0 Å². The van der Waals surface area contributed by atoms with Gasteiger partial charge in [0.05, 0.1) is 0 Å². The van der Waals surface area contributed by atoms with Crippen LogP contribution in [0, 0.1) is 0 Å². The van der Waals surface area contributed by atoms with E-state index in [2.05, 4.69) is 10.2 Å². The average molecular weight is 182 g/mol. The molecule has 1 saturated carbocycles. The molecule has 2 N–H and O–H groups in total. The Hall–Kier alpha value is -1.26. The first-order valence-corrected chi connectivity index (χ1v) is 4.59. The third kappa shape index (κ3) is 1.59.